The number of rotatable bonds is 6. The molecule has 2 nitrogen and oxygen atoms in total. The molecule has 0 aromatic heterocycles. The van der Waals surface area contributed by atoms with Crippen LogP contribution < -0.4 is 0 Å². The second-order valence-corrected chi connectivity index (χ2v) is 7.80. The standard InChI is InChI=1S/C12H11ClN2Se2/c13-11-4-1-10(2-5-11)3-6-12(17-9-15)7-16-8-14/h1-2,4-5,12H,3,6-7H2. The number of halogens is 1. The molecule has 0 aliphatic heterocycles. The molecule has 0 radical (unpaired) electrons. The van der Waals surface area contributed by atoms with Crippen molar-refractivity contribution in [2.45, 2.75) is 23.0 Å². The maximum absolute atomic E-state index is 8.75. The average molecular weight is 377 g/mol. The SMILES string of the molecule is N#C[Se]CC(CCc1ccc(Cl)cc1)[Se]C#N. The Balaban J connectivity index is 2.43. The van der Waals surface area contributed by atoms with Gasteiger partial charge in [-0.3, -0.25) is 0 Å². The predicted molar refractivity (Wildman–Crippen MR) is 71.1 cm³/mol. The monoisotopic (exact) mass is 378 g/mol. The Kier molecular flexibility index (Phi) is 7.38. The van der Waals surface area contributed by atoms with Crippen LogP contribution in [0.1, 0.15) is 12.0 Å². The Morgan fingerprint density at radius 2 is 1.88 bits per heavy atom. The van der Waals surface area contributed by atoms with Crippen LogP contribution in [0.5, 0.6) is 0 Å². The second kappa shape index (κ2) is 8.60. The van der Waals surface area contributed by atoms with E-state index in [-0.39, 0.29) is 29.9 Å². The van der Waals surface area contributed by atoms with E-state index in [2.05, 4.69) is 9.94 Å². The van der Waals surface area contributed by atoms with Crippen LogP contribution in [0.4, 0.5) is 0 Å². The Morgan fingerprint density at radius 3 is 2.47 bits per heavy atom. The van der Waals surface area contributed by atoms with E-state index in [1.165, 1.54) is 5.56 Å². The number of aryl methyl sites for hydroxylation is 1. The molecule has 1 aromatic rings. The van der Waals surface area contributed by atoms with E-state index in [1.54, 1.807) is 0 Å². The van der Waals surface area contributed by atoms with Crippen molar-refractivity contribution < 1.29 is 0 Å². The molecule has 1 aromatic carbocycles. The summed E-state index contributed by atoms with van der Waals surface area (Å²) in [5, 5.41) is 19.0. The predicted octanol–water partition coefficient (Wildman–Crippen LogP) is 2.85. The molecule has 0 saturated heterocycles. The van der Waals surface area contributed by atoms with Crippen LogP contribution in [0, 0.1) is 20.5 Å². The molecular formula is C12H11ClN2Se2. The zero-order valence-corrected chi connectivity index (χ0v) is 13.3. The van der Waals surface area contributed by atoms with Crippen LogP contribution in [0.25, 0.3) is 0 Å². The first-order valence-corrected chi connectivity index (χ1v) is 9.35. The fourth-order valence-electron chi connectivity index (χ4n) is 1.36. The fourth-order valence-corrected chi connectivity index (χ4v) is 4.82. The fraction of sp³-hybridized carbons (Fsp3) is 0.333. The van der Waals surface area contributed by atoms with Crippen molar-refractivity contribution in [1.82, 2.24) is 0 Å². The molecule has 88 valence electrons. The molecule has 0 spiro atoms. The number of hydrogen-bond donors (Lipinski definition) is 0. The van der Waals surface area contributed by atoms with Gasteiger partial charge in [-0.15, -0.1) is 0 Å². The van der Waals surface area contributed by atoms with Crippen molar-refractivity contribution in [3.05, 3.63) is 34.9 Å². The molecular weight excluding hydrogens is 366 g/mol. The molecule has 0 heterocycles. The third-order valence-corrected chi connectivity index (χ3v) is 6.77. The van der Waals surface area contributed by atoms with Crippen LogP contribution in [0.15, 0.2) is 24.3 Å². The van der Waals surface area contributed by atoms with Crippen LogP contribution in [-0.4, -0.2) is 29.9 Å². The van der Waals surface area contributed by atoms with Crippen molar-refractivity contribution in [3.8, 4) is 9.94 Å². The van der Waals surface area contributed by atoms with Crippen molar-refractivity contribution >= 4 is 41.5 Å². The molecule has 0 fully saturated rings. The van der Waals surface area contributed by atoms with E-state index in [4.69, 9.17) is 22.1 Å². The molecule has 1 atom stereocenters. The van der Waals surface area contributed by atoms with Gasteiger partial charge in [-0.05, 0) is 0 Å². The third kappa shape index (κ3) is 6.13. The Morgan fingerprint density at radius 1 is 1.18 bits per heavy atom. The van der Waals surface area contributed by atoms with Gasteiger partial charge < -0.3 is 0 Å². The van der Waals surface area contributed by atoms with Gasteiger partial charge in [-0.1, -0.05) is 0 Å². The zero-order chi connectivity index (χ0) is 12.5. The van der Waals surface area contributed by atoms with Crippen molar-refractivity contribution in [2.75, 3.05) is 0 Å². The summed E-state index contributed by atoms with van der Waals surface area (Å²) in [6, 6.07) is 7.82. The minimum absolute atomic E-state index is 0.00499. The number of hydrogen-bond acceptors (Lipinski definition) is 2. The van der Waals surface area contributed by atoms with E-state index < -0.39 is 0 Å². The summed E-state index contributed by atoms with van der Waals surface area (Å²) in [6.45, 7) is 0. The van der Waals surface area contributed by atoms with Crippen LogP contribution in [0.2, 0.25) is 15.2 Å². The molecule has 0 amide bonds. The van der Waals surface area contributed by atoms with Gasteiger partial charge in [0.1, 0.15) is 0 Å². The van der Waals surface area contributed by atoms with Gasteiger partial charge in [0.05, 0.1) is 0 Å². The molecule has 0 aliphatic carbocycles. The van der Waals surface area contributed by atoms with Crippen LogP contribution >= 0.6 is 11.6 Å². The molecule has 0 saturated carbocycles. The molecule has 0 aliphatic rings. The summed E-state index contributed by atoms with van der Waals surface area (Å²) < 4.78 is 0. The summed E-state index contributed by atoms with van der Waals surface area (Å²) in [7, 11) is 0. The van der Waals surface area contributed by atoms with Gasteiger partial charge >= 0.3 is 120 Å². The second-order valence-electron chi connectivity index (χ2n) is 3.40. The van der Waals surface area contributed by atoms with Crippen molar-refractivity contribution in [2.24, 2.45) is 0 Å². The number of nitriles is 2. The summed E-state index contributed by atoms with van der Waals surface area (Å²) in [5.74, 6) is 0. The maximum atomic E-state index is 8.75. The van der Waals surface area contributed by atoms with E-state index in [9.17, 15) is 0 Å². The van der Waals surface area contributed by atoms with E-state index in [0.717, 1.165) is 23.2 Å². The first-order chi connectivity index (χ1) is 8.26. The number of benzene rings is 1. The minimum atomic E-state index is 0.00499. The Hall–Kier alpha value is -0.471. The van der Waals surface area contributed by atoms with Crippen molar-refractivity contribution in [3.63, 3.8) is 0 Å². The molecule has 0 bridgehead atoms. The van der Waals surface area contributed by atoms with E-state index in [1.807, 2.05) is 24.3 Å². The van der Waals surface area contributed by atoms with E-state index in [0.29, 0.717) is 4.82 Å². The average Bonchev–Trinajstić information content (AvgIpc) is 2.35. The Bertz CT molecular complexity index is 420. The van der Waals surface area contributed by atoms with Crippen LogP contribution in [0.3, 0.4) is 0 Å². The first kappa shape index (κ1) is 14.6. The molecule has 0 N–H and O–H groups in total. The van der Waals surface area contributed by atoms with Crippen LogP contribution in [-0.2, 0) is 6.42 Å². The quantitative estimate of drug-likeness (QED) is 0.717. The summed E-state index contributed by atoms with van der Waals surface area (Å²) in [6.07, 6.45) is 1.96. The number of nitrogens with zero attached hydrogens (tertiary/aromatic N) is 2. The van der Waals surface area contributed by atoms with Gasteiger partial charge in [0.2, 0.25) is 0 Å². The zero-order valence-electron chi connectivity index (χ0n) is 9.10. The molecule has 5 heteroatoms. The van der Waals surface area contributed by atoms with Gasteiger partial charge in [-0.25, -0.2) is 0 Å². The molecule has 1 unspecified atom stereocenters. The van der Waals surface area contributed by atoms with Gasteiger partial charge in [0.15, 0.2) is 0 Å². The van der Waals surface area contributed by atoms with Gasteiger partial charge in [0, 0.05) is 0 Å². The van der Waals surface area contributed by atoms with Crippen molar-refractivity contribution in [1.29, 1.82) is 10.5 Å². The van der Waals surface area contributed by atoms with E-state index >= 15 is 0 Å². The molecule has 1 rings (SSSR count). The Labute approximate surface area is 119 Å². The topological polar surface area (TPSA) is 47.6 Å². The first-order valence-electron chi connectivity index (χ1n) is 5.06. The summed E-state index contributed by atoms with van der Waals surface area (Å²) in [4.78, 5) is 4.89. The van der Waals surface area contributed by atoms with Gasteiger partial charge in [0.25, 0.3) is 0 Å². The normalized spacial score (nSPS) is 11.5. The summed E-state index contributed by atoms with van der Waals surface area (Å²) in [5.41, 5.74) is 1.25. The third-order valence-electron chi connectivity index (χ3n) is 2.22. The van der Waals surface area contributed by atoms with Gasteiger partial charge in [-0.2, -0.15) is 0 Å². The molecule has 17 heavy (non-hydrogen) atoms. The summed E-state index contributed by atoms with van der Waals surface area (Å²) >= 11 is 5.86.